The smallest absolute Gasteiger partial charge is 0.255 e. The van der Waals surface area contributed by atoms with Gasteiger partial charge in [0.1, 0.15) is 0 Å². The summed E-state index contributed by atoms with van der Waals surface area (Å²) in [6.07, 6.45) is 1.95. The predicted octanol–water partition coefficient (Wildman–Crippen LogP) is 3.00. The van der Waals surface area contributed by atoms with Gasteiger partial charge in [0.2, 0.25) is 5.75 Å². The molecule has 3 aromatic rings. The van der Waals surface area contributed by atoms with Crippen LogP contribution in [0.4, 0.5) is 0 Å². The summed E-state index contributed by atoms with van der Waals surface area (Å²) in [4.78, 5) is 12.9. The number of nitrogens with zero attached hydrogens (tertiary/aromatic N) is 3. The molecular weight excluding hydrogens is 404 g/mol. The van der Waals surface area contributed by atoms with E-state index in [9.17, 15) is 4.79 Å². The monoisotopic (exact) mass is 428 g/mol. The van der Waals surface area contributed by atoms with Crippen molar-refractivity contribution in [3.8, 4) is 17.2 Å². The van der Waals surface area contributed by atoms with Gasteiger partial charge in [-0.05, 0) is 24.0 Å². The average molecular weight is 429 g/mol. The van der Waals surface area contributed by atoms with E-state index in [1.54, 1.807) is 12.1 Å². The Hall–Kier alpha value is -3.20. The van der Waals surface area contributed by atoms with Crippen LogP contribution in [0.3, 0.4) is 0 Å². The summed E-state index contributed by atoms with van der Waals surface area (Å²) >= 11 is 1.51. The summed E-state index contributed by atoms with van der Waals surface area (Å²) in [6.45, 7) is 0.839. The van der Waals surface area contributed by atoms with E-state index in [4.69, 9.17) is 14.2 Å². The number of amides is 1. The zero-order valence-electron chi connectivity index (χ0n) is 17.3. The first-order chi connectivity index (χ1) is 14.6. The van der Waals surface area contributed by atoms with Gasteiger partial charge in [-0.15, -0.1) is 10.2 Å². The average Bonchev–Trinajstić information content (AvgIpc) is 3.18. The first-order valence-corrected chi connectivity index (χ1v) is 10.4. The van der Waals surface area contributed by atoms with Crippen LogP contribution in [0.1, 0.15) is 21.7 Å². The van der Waals surface area contributed by atoms with Crippen molar-refractivity contribution in [3.63, 3.8) is 0 Å². The van der Waals surface area contributed by atoms with Gasteiger partial charge < -0.3 is 24.1 Å². The van der Waals surface area contributed by atoms with Crippen LogP contribution in [0.5, 0.6) is 17.2 Å². The molecule has 1 aromatic heterocycles. The molecule has 0 spiro atoms. The molecule has 1 heterocycles. The second-order valence-electron chi connectivity index (χ2n) is 6.24. The lowest BCUT2D eigenvalue weighted by Gasteiger charge is -2.15. The maximum absolute atomic E-state index is 12.9. The molecule has 1 N–H and O–H groups in total. The van der Waals surface area contributed by atoms with Crippen LogP contribution in [0, 0.1) is 0 Å². The molecule has 1 amide bonds. The molecule has 0 bridgehead atoms. The van der Waals surface area contributed by atoms with Crippen molar-refractivity contribution in [2.45, 2.75) is 18.2 Å². The Balaban J connectivity index is 1.81. The number of ether oxygens (including phenoxy) is 3. The summed E-state index contributed by atoms with van der Waals surface area (Å²) in [6, 6.07) is 13.3. The molecule has 0 fully saturated rings. The lowest BCUT2D eigenvalue weighted by Crippen LogP contribution is -2.25. The highest BCUT2D eigenvalue weighted by Crippen LogP contribution is 2.39. The molecule has 0 saturated heterocycles. The minimum absolute atomic E-state index is 0.219. The Morgan fingerprint density at radius 3 is 2.37 bits per heavy atom. The van der Waals surface area contributed by atoms with Crippen molar-refractivity contribution in [3.05, 3.63) is 59.4 Å². The van der Waals surface area contributed by atoms with Gasteiger partial charge in [-0.3, -0.25) is 4.79 Å². The van der Waals surface area contributed by atoms with Crippen LogP contribution in [0.15, 0.2) is 47.6 Å². The molecule has 158 valence electrons. The third-order valence-corrected chi connectivity index (χ3v) is 5.18. The van der Waals surface area contributed by atoms with Gasteiger partial charge in [-0.1, -0.05) is 42.1 Å². The Kier molecular flexibility index (Phi) is 7.18. The van der Waals surface area contributed by atoms with E-state index >= 15 is 0 Å². The van der Waals surface area contributed by atoms with E-state index in [1.807, 2.05) is 41.2 Å². The number of methoxy groups -OCH3 is 3. The van der Waals surface area contributed by atoms with Crippen molar-refractivity contribution >= 4 is 17.7 Å². The standard InChI is InChI=1S/C21H24N4O4S/c1-27-16-11-10-15(18(28-2)19(16)29-3)20(26)22-12-17-23-24-21(30-4)25(17)13-14-8-6-5-7-9-14/h5-11H,12-13H2,1-4H3,(H,22,26). The summed E-state index contributed by atoms with van der Waals surface area (Å²) in [7, 11) is 4.51. The fraction of sp³-hybridized carbons (Fsp3) is 0.286. The third kappa shape index (κ3) is 4.51. The number of hydrogen-bond acceptors (Lipinski definition) is 7. The number of carbonyl (C=O) groups excluding carboxylic acids is 1. The number of rotatable bonds is 9. The number of thioether (sulfide) groups is 1. The van der Waals surface area contributed by atoms with Gasteiger partial charge in [0.05, 0.1) is 40.0 Å². The quantitative estimate of drug-likeness (QED) is 0.524. The zero-order valence-corrected chi connectivity index (χ0v) is 18.2. The van der Waals surface area contributed by atoms with Gasteiger partial charge in [0.25, 0.3) is 5.91 Å². The Bertz CT molecular complexity index is 1010. The first-order valence-electron chi connectivity index (χ1n) is 9.20. The fourth-order valence-corrected chi connectivity index (χ4v) is 3.57. The van der Waals surface area contributed by atoms with E-state index in [2.05, 4.69) is 15.5 Å². The molecule has 2 aromatic carbocycles. The van der Waals surface area contributed by atoms with Crippen molar-refractivity contribution in [2.24, 2.45) is 0 Å². The van der Waals surface area contributed by atoms with Crippen LogP contribution in [-0.4, -0.2) is 48.3 Å². The summed E-state index contributed by atoms with van der Waals surface area (Å²) in [5, 5.41) is 12.2. The molecule has 0 unspecified atom stereocenters. The van der Waals surface area contributed by atoms with Crippen LogP contribution in [0.25, 0.3) is 0 Å². The molecule has 3 rings (SSSR count). The molecule has 0 atom stereocenters. The van der Waals surface area contributed by atoms with Gasteiger partial charge in [-0.2, -0.15) is 0 Å². The van der Waals surface area contributed by atoms with Crippen molar-refractivity contribution < 1.29 is 19.0 Å². The van der Waals surface area contributed by atoms with E-state index in [-0.39, 0.29) is 12.5 Å². The number of carbonyl (C=O) groups is 1. The molecule has 0 radical (unpaired) electrons. The van der Waals surface area contributed by atoms with E-state index < -0.39 is 0 Å². The number of hydrogen-bond donors (Lipinski definition) is 1. The number of aromatic nitrogens is 3. The predicted molar refractivity (Wildman–Crippen MR) is 115 cm³/mol. The van der Waals surface area contributed by atoms with E-state index in [1.165, 1.54) is 33.1 Å². The van der Waals surface area contributed by atoms with E-state index in [0.29, 0.717) is 35.2 Å². The second-order valence-corrected chi connectivity index (χ2v) is 7.01. The van der Waals surface area contributed by atoms with Crippen LogP contribution in [0.2, 0.25) is 0 Å². The third-order valence-electron chi connectivity index (χ3n) is 4.52. The Labute approximate surface area is 179 Å². The molecule has 0 aliphatic heterocycles. The molecule has 30 heavy (non-hydrogen) atoms. The van der Waals surface area contributed by atoms with Crippen LogP contribution < -0.4 is 19.5 Å². The van der Waals surface area contributed by atoms with Crippen molar-refractivity contribution in [1.29, 1.82) is 0 Å². The van der Waals surface area contributed by atoms with Gasteiger partial charge in [0.15, 0.2) is 22.5 Å². The van der Waals surface area contributed by atoms with Crippen LogP contribution >= 0.6 is 11.8 Å². The van der Waals surface area contributed by atoms with Crippen molar-refractivity contribution in [1.82, 2.24) is 20.1 Å². The normalized spacial score (nSPS) is 10.5. The topological polar surface area (TPSA) is 87.5 Å². The molecule has 0 saturated carbocycles. The summed E-state index contributed by atoms with van der Waals surface area (Å²) < 4.78 is 18.0. The molecule has 8 nitrogen and oxygen atoms in total. The van der Waals surface area contributed by atoms with Gasteiger partial charge in [-0.25, -0.2) is 0 Å². The van der Waals surface area contributed by atoms with Gasteiger partial charge >= 0.3 is 0 Å². The fourth-order valence-electron chi connectivity index (χ4n) is 3.06. The molecule has 0 aliphatic carbocycles. The first kappa shape index (κ1) is 21.5. The van der Waals surface area contributed by atoms with E-state index in [0.717, 1.165) is 10.7 Å². The highest BCUT2D eigenvalue weighted by Gasteiger charge is 2.21. The minimum Gasteiger partial charge on any atom is -0.493 e. The largest absolute Gasteiger partial charge is 0.493 e. The maximum Gasteiger partial charge on any atom is 0.255 e. The highest BCUT2D eigenvalue weighted by atomic mass is 32.2. The zero-order chi connectivity index (χ0) is 21.5. The summed E-state index contributed by atoms with van der Waals surface area (Å²) in [5.41, 5.74) is 1.47. The number of nitrogens with one attached hydrogen (secondary N) is 1. The van der Waals surface area contributed by atoms with Crippen LogP contribution in [-0.2, 0) is 13.1 Å². The molecular formula is C21H24N4O4S. The number of benzene rings is 2. The lowest BCUT2D eigenvalue weighted by molar-refractivity contribution is 0.0945. The SMILES string of the molecule is COc1ccc(C(=O)NCc2nnc(SC)n2Cc2ccccc2)c(OC)c1OC. The Morgan fingerprint density at radius 1 is 1.00 bits per heavy atom. The lowest BCUT2D eigenvalue weighted by atomic mass is 10.1. The molecule has 9 heteroatoms. The van der Waals surface area contributed by atoms with Gasteiger partial charge in [0, 0.05) is 0 Å². The molecule has 0 aliphatic rings. The summed E-state index contributed by atoms with van der Waals surface area (Å²) in [5.74, 6) is 1.51. The highest BCUT2D eigenvalue weighted by molar-refractivity contribution is 7.98. The second kappa shape index (κ2) is 10.0. The van der Waals surface area contributed by atoms with Crippen molar-refractivity contribution in [2.75, 3.05) is 27.6 Å². The Morgan fingerprint density at radius 2 is 1.73 bits per heavy atom. The maximum atomic E-state index is 12.9. The minimum atomic E-state index is -0.312.